The molecule has 0 aromatic carbocycles. The van der Waals surface area contributed by atoms with Gasteiger partial charge >= 0.3 is 0 Å². The van der Waals surface area contributed by atoms with Gasteiger partial charge in [0.2, 0.25) is 5.91 Å². The minimum absolute atomic E-state index is 0.121. The van der Waals surface area contributed by atoms with Gasteiger partial charge in [-0.25, -0.2) is 4.98 Å². The number of ether oxygens (including phenoxy) is 1. The molecule has 0 N–H and O–H groups in total. The molecule has 1 saturated heterocycles. The number of hydrogen-bond donors (Lipinski definition) is 0. The molecular formula is C18H25N5O2. The van der Waals surface area contributed by atoms with Crippen LogP contribution in [0.4, 0.5) is 0 Å². The average molecular weight is 343 g/mol. The van der Waals surface area contributed by atoms with Gasteiger partial charge in [-0.2, -0.15) is 0 Å². The molecule has 134 valence electrons. The Kier molecular flexibility index (Phi) is 6.11. The van der Waals surface area contributed by atoms with E-state index in [0.29, 0.717) is 26.2 Å². The predicted octanol–water partition coefficient (Wildman–Crippen LogP) is 1.62. The van der Waals surface area contributed by atoms with Crippen LogP contribution in [0.25, 0.3) is 0 Å². The Bertz CT molecular complexity index is 674. The third-order valence-corrected chi connectivity index (χ3v) is 4.61. The lowest BCUT2D eigenvalue weighted by atomic mass is 10.1. The van der Waals surface area contributed by atoms with Crippen LogP contribution in [0.1, 0.15) is 30.7 Å². The van der Waals surface area contributed by atoms with Gasteiger partial charge in [0.15, 0.2) is 0 Å². The highest BCUT2D eigenvalue weighted by Gasteiger charge is 2.26. The molecule has 0 radical (unpaired) electrons. The molecule has 1 aliphatic rings. The monoisotopic (exact) mass is 343 g/mol. The molecule has 25 heavy (non-hydrogen) atoms. The third kappa shape index (κ3) is 4.85. The van der Waals surface area contributed by atoms with Crippen molar-refractivity contribution < 1.29 is 9.53 Å². The van der Waals surface area contributed by atoms with Gasteiger partial charge in [0.05, 0.1) is 37.0 Å². The van der Waals surface area contributed by atoms with Crippen LogP contribution in [0, 0.1) is 6.92 Å². The molecule has 0 spiro atoms. The summed E-state index contributed by atoms with van der Waals surface area (Å²) >= 11 is 0. The number of aryl methyl sites for hydroxylation is 3. The van der Waals surface area contributed by atoms with Gasteiger partial charge < -0.3 is 14.2 Å². The average Bonchev–Trinajstić information content (AvgIpc) is 3.15. The molecule has 1 amide bonds. The Labute approximate surface area is 148 Å². The summed E-state index contributed by atoms with van der Waals surface area (Å²) in [6, 6.07) is 0.121. The molecule has 0 bridgehead atoms. The molecule has 2 aromatic heterocycles. The SMILES string of the molecule is Cc1nccnc1CC[C@@H]1COCCN1C(=O)CCCn1ccnc1. The summed E-state index contributed by atoms with van der Waals surface area (Å²) < 4.78 is 7.60. The third-order valence-electron chi connectivity index (χ3n) is 4.61. The fraction of sp³-hybridized carbons (Fsp3) is 0.556. The molecule has 1 atom stereocenters. The van der Waals surface area contributed by atoms with Crippen molar-refractivity contribution in [3.8, 4) is 0 Å². The first kappa shape index (κ1) is 17.5. The molecule has 1 aliphatic heterocycles. The topological polar surface area (TPSA) is 73.1 Å². The number of nitrogens with zero attached hydrogens (tertiary/aromatic N) is 5. The number of imidazole rings is 1. The maximum absolute atomic E-state index is 12.6. The van der Waals surface area contributed by atoms with Gasteiger partial charge in [0.1, 0.15) is 0 Å². The first-order valence-electron chi connectivity index (χ1n) is 8.83. The molecule has 3 rings (SSSR count). The van der Waals surface area contributed by atoms with Crippen molar-refractivity contribution in [2.75, 3.05) is 19.8 Å². The Hall–Kier alpha value is -2.28. The smallest absolute Gasteiger partial charge is 0.223 e. The van der Waals surface area contributed by atoms with Gasteiger partial charge in [0.25, 0.3) is 0 Å². The second-order valence-corrected chi connectivity index (χ2v) is 6.35. The quantitative estimate of drug-likeness (QED) is 0.764. The minimum atomic E-state index is 0.121. The highest BCUT2D eigenvalue weighted by Crippen LogP contribution is 2.16. The van der Waals surface area contributed by atoms with Gasteiger partial charge in [-0.15, -0.1) is 0 Å². The van der Waals surface area contributed by atoms with E-state index in [1.807, 2.05) is 22.6 Å². The molecule has 1 fully saturated rings. The Balaban J connectivity index is 1.51. The van der Waals surface area contributed by atoms with E-state index >= 15 is 0 Å². The second-order valence-electron chi connectivity index (χ2n) is 6.35. The van der Waals surface area contributed by atoms with Gasteiger partial charge in [-0.3, -0.25) is 14.8 Å². The van der Waals surface area contributed by atoms with Crippen molar-refractivity contribution in [1.29, 1.82) is 0 Å². The van der Waals surface area contributed by atoms with E-state index in [9.17, 15) is 4.79 Å². The van der Waals surface area contributed by atoms with Crippen molar-refractivity contribution in [2.24, 2.45) is 0 Å². The summed E-state index contributed by atoms with van der Waals surface area (Å²) in [5.74, 6) is 0.212. The summed E-state index contributed by atoms with van der Waals surface area (Å²) in [6.07, 6.45) is 11.9. The lowest BCUT2D eigenvalue weighted by Crippen LogP contribution is -2.48. The van der Waals surface area contributed by atoms with Crippen molar-refractivity contribution >= 4 is 5.91 Å². The predicted molar refractivity (Wildman–Crippen MR) is 92.9 cm³/mol. The Morgan fingerprint density at radius 2 is 2.20 bits per heavy atom. The van der Waals surface area contributed by atoms with Gasteiger partial charge in [-0.1, -0.05) is 0 Å². The largest absolute Gasteiger partial charge is 0.377 e. The first-order chi connectivity index (χ1) is 12.2. The Morgan fingerprint density at radius 1 is 1.32 bits per heavy atom. The summed E-state index contributed by atoms with van der Waals surface area (Å²) in [4.78, 5) is 27.3. The van der Waals surface area contributed by atoms with Gasteiger partial charge in [0, 0.05) is 44.3 Å². The zero-order valence-corrected chi connectivity index (χ0v) is 14.7. The van der Waals surface area contributed by atoms with E-state index in [0.717, 1.165) is 37.2 Å². The second kappa shape index (κ2) is 8.71. The minimum Gasteiger partial charge on any atom is -0.377 e. The first-order valence-corrected chi connectivity index (χ1v) is 8.83. The zero-order valence-electron chi connectivity index (χ0n) is 14.7. The molecule has 3 heterocycles. The lowest BCUT2D eigenvalue weighted by molar-refractivity contribution is -0.140. The highest BCUT2D eigenvalue weighted by molar-refractivity contribution is 5.76. The summed E-state index contributed by atoms with van der Waals surface area (Å²) in [7, 11) is 0. The molecule has 7 nitrogen and oxygen atoms in total. The molecule has 2 aromatic rings. The summed E-state index contributed by atoms with van der Waals surface area (Å²) in [6.45, 7) is 4.69. The maximum atomic E-state index is 12.6. The van der Waals surface area contributed by atoms with E-state index in [1.165, 1.54) is 0 Å². The molecule has 0 aliphatic carbocycles. The molecular weight excluding hydrogens is 318 g/mol. The summed E-state index contributed by atoms with van der Waals surface area (Å²) in [5.41, 5.74) is 1.96. The number of amides is 1. The van der Waals surface area contributed by atoms with Gasteiger partial charge in [-0.05, 0) is 26.2 Å². The fourth-order valence-electron chi connectivity index (χ4n) is 3.18. The molecule has 0 saturated carbocycles. The van der Waals surface area contributed by atoms with E-state index in [4.69, 9.17) is 4.74 Å². The van der Waals surface area contributed by atoms with Crippen LogP contribution in [0.3, 0.4) is 0 Å². The van der Waals surface area contributed by atoms with Crippen LogP contribution in [0.15, 0.2) is 31.1 Å². The standard InChI is InChI=1S/C18H25N5O2/c1-15-17(21-7-6-20-15)5-4-16-13-25-12-11-23(16)18(24)3-2-9-22-10-8-19-14-22/h6-8,10,14,16H,2-5,9,11-13H2,1H3/t16-/m1/s1. The van der Waals surface area contributed by atoms with Crippen molar-refractivity contribution in [1.82, 2.24) is 24.4 Å². The van der Waals surface area contributed by atoms with E-state index in [2.05, 4.69) is 15.0 Å². The van der Waals surface area contributed by atoms with Crippen LogP contribution in [-0.4, -0.2) is 56.1 Å². The Morgan fingerprint density at radius 3 is 3.00 bits per heavy atom. The number of carbonyl (C=O) groups is 1. The molecule has 0 unspecified atom stereocenters. The van der Waals surface area contributed by atoms with Crippen molar-refractivity contribution in [2.45, 2.75) is 45.2 Å². The highest BCUT2D eigenvalue weighted by atomic mass is 16.5. The van der Waals surface area contributed by atoms with Crippen LogP contribution in [-0.2, 0) is 22.5 Å². The van der Waals surface area contributed by atoms with Crippen LogP contribution < -0.4 is 0 Å². The lowest BCUT2D eigenvalue weighted by Gasteiger charge is -2.36. The number of hydrogen-bond acceptors (Lipinski definition) is 5. The van der Waals surface area contributed by atoms with Crippen LogP contribution in [0.2, 0.25) is 0 Å². The van der Waals surface area contributed by atoms with E-state index < -0.39 is 0 Å². The normalized spacial score (nSPS) is 17.6. The fourth-order valence-corrected chi connectivity index (χ4v) is 3.18. The van der Waals surface area contributed by atoms with E-state index in [-0.39, 0.29) is 11.9 Å². The van der Waals surface area contributed by atoms with Crippen molar-refractivity contribution in [3.05, 3.63) is 42.5 Å². The maximum Gasteiger partial charge on any atom is 0.223 e. The summed E-state index contributed by atoms with van der Waals surface area (Å²) in [5, 5.41) is 0. The number of rotatable bonds is 7. The van der Waals surface area contributed by atoms with Crippen molar-refractivity contribution in [3.63, 3.8) is 0 Å². The number of carbonyl (C=O) groups excluding carboxylic acids is 1. The van der Waals surface area contributed by atoms with Crippen LogP contribution >= 0.6 is 0 Å². The number of morpholine rings is 1. The van der Waals surface area contributed by atoms with E-state index in [1.54, 1.807) is 24.9 Å². The molecule has 7 heteroatoms. The van der Waals surface area contributed by atoms with Crippen LogP contribution in [0.5, 0.6) is 0 Å². The zero-order chi connectivity index (χ0) is 17.5. The number of aromatic nitrogens is 4.